The van der Waals surface area contributed by atoms with E-state index in [1.54, 1.807) is 0 Å². The molecule has 0 bridgehead atoms. The van der Waals surface area contributed by atoms with Gasteiger partial charge in [-0.15, -0.1) is 0 Å². The van der Waals surface area contributed by atoms with Crippen LogP contribution in [-0.2, 0) is 11.2 Å². The molecule has 102 valence electrons. The molecule has 0 saturated carbocycles. The fourth-order valence-corrected chi connectivity index (χ4v) is 1.84. The molecular formula is C16H27NO. The maximum absolute atomic E-state index is 5.78. The number of nitrogens with one attached hydrogen (secondary N) is 1. The van der Waals surface area contributed by atoms with Crippen LogP contribution >= 0.6 is 0 Å². The second kappa shape index (κ2) is 9.12. The van der Waals surface area contributed by atoms with Gasteiger partial charge < -0.3 is 10.1 Å². The minimum atomic E-state index is 0.305. The van der Waals surface area contributed by atoms with Crippen molar-refractivity contribution in [2.75, 3.05) is 19.7 Å². The summed E-state index contributed by atoms with van der Waals surface area (Å²) in [6.07, 6.45) is 2.51. The van der Waals surface area contributed by atoms with Crippen LogP contribution in [0.5, 0.6) is 0 Å². The SMILES string of the molecule is CC(C)CNCC(C)OCCCc1ccccc1. The van der Waals surface area contributed by atoms with Gasteiger partial charge in [0.25, 0.3) is 0 Å². The molecule has 0 aliphatic rings. The van der Waals surface area contributed by atoms with E-state index in [0.29, 0.717) is 12.0 Å². The van der Waals surface area contributed by atoms with Gasteiger partial charge in [-0.1, -0.05) is 44.2 Å². The van der Waals surface area contributed by atoms with E-state index in [1.165, 1.54) is 5.56 Å². The van der Waals surface area contributed by atoms with Crippen molar-refractivity contribution in [3.8, 4) is 0 Å². The van der Waals surface area contributed by atoms with Gasteiger partial charge in [-0.05, 0) is 37.8 Å². The first-order chi connectivity index (χ1) is 8.68. The number of hydrogen-bond donors (Lipinski definition) is 1. The maximum Gasteiger partial charge on any atom is 0.0671 e. The lowest BCUT2D eigenvalue weighted by atomic mass is 10.1. The Hall–Kier alpha value is -0.860. The molecule has 1 N–H and O–H groups in total. The number of ether oxygens (including phenoxy) is 1. The van der Waals surface area contributed by atoms with Crippen LogP contribution in [0.15, 0.2) is 30.3 Å². The van der Waals surface area contributed by atoms with Crippen LogP contribution in [0, 0.1) is 5.92 Å². The van der Waals surface area contributed by atoms with Crippen LogP contribution in [0.2, 0.25) is 0 Å². The van der Waals surface area contributed by atoms with Crippen molar-refractivity contribution >= 4 is 0 Å². The van der Waals surface area contributed by atoms with E-state index in [-0.39, 0.29) is 0 Å². The van der Waals surface area contributed by atoms with E-state index >= 15 is 0 Å². The Bertz CT molecular complexity index is 297. The van der Waals surface area contributed by atoms with Crippen LogP contribution < -0.4 is 5.32 Å². The fraction of sp³-hybridized carbons (Fsp3) is 0.625. The van der Waals surface area contributed by atoms with Gasteiger partial charge >= 0.3 is 0 Å². The molecule has 0 amide bonds. The second-order valence-corrected chi connectivity index (χ2v) is 5.32. The lowest BCUT2D eigenvalue weighted by molar-refractivity contribution is 0.0640. The lowest BCUT2D eigenvalue weighted by Crippen LogP contribution is -2.29. The van der Waals surface area contributed by atoms with Crippen LogP contribution in [0.4, 0.5) is 0 Å². The number of aryl methyl sites for hydroxylation is 1. The zero-order chi connectivity index (χ0) is 13.2. The van der Waals surface area contributed by atoms with Gasteiger partial charge in [0, 0.05) is 13.2 Å². The lowest BCUT2D eigenvalue weighted by Gasteiger charge is -2.15. The minimum absolute atomic E-state index is 0.305. The average molecular weight is 249 g/mol. The van der Waals surface area contributed by atoms with Gasteiger partial charge in [0.1, 0.15) is 0 Å². The molecule has 2 heteroatoms. The molecule has 1 aromatic rings. The highest BCUT2D eigenvalue weighted by Gasteiger charge is 2.02. The topological polar surface area (TPSA) is 21.3 Å². The summed E-state index contributed by atoms with van der Waals surface area (Å²) in [5, 5.41) is 3.42. The molecule has 1 rings (SSSR count). The van der Waals surface area contributed by atoms with E-state index in [1.807, 2.05) is 0 Å². The molecule has 0 fully saturated rings. The number of hydrogen-bond acceptors (Lipinski definition) is 2. The molecule has 0 radical (unpaired) electrons. The smallest absolute Gasteiger partial charge is 0.0671 e. The Morgan fingerprint density at radius 2 is 1.78 bits per heavy atom. The Balaban J connectivity index is 2.00. The van der Waals surface area contributed by atoms with Crippen LogP contribution in [0.25, 0.3) is 0 Å². The van der Waals surface area contributed by atoms with Gasteiger partial charge in [-0.25, -0.2) is 0 Å². The minimum Gasteiger partial charge on any atom is -0.377 e. The van der Waals surface area contributed by atoms with Crippen molar-refractivity contribution in [1.82, 2.24) is 5.32 Å². The van der Waals surface area contributed by atoms with Crippen molar-refractivity contribution in [2.24, 2.45) is 5.92 Å². The van der Waals surface area contributed by atoms with Gasteiger partial charge in [0.05, 0.1) is 6.10 Å². The van der Waals surface area contributed by atoms with Gasteiger partial charge in [0.2, 0.25) is 0 Å². The molecule has 0 saturated heterocycles. The van der Waals surface area contributed by atoms with Crippen LogP contribution in [0.1, 0.15) is 32.8 Å². The summed E-state index contributed by atoms with van der Waals surface area (Å²) in [4.78, 5) is 0. The third-order valence-electron chi connectivity index (χ3n) is 2.84. The molecule has 1 unspecified atom stereocenters. The van der Waals surface area contributed by atoms with E-state index in [0.717, 1.165) is 32.5 Å². The van der Waals surface area contributed by atoms with Gasteiger partial charge in [-0.3, -0.25) is 0 Å². The highest BCUT2D eigenvalue weighted by Crippen LogP contribution is 2.03. The summed E-state index contributed by atoms with van der Waals surface area (Å²) in [7, 11) is 0. The normalized spacial score (nSPS) is 12.9. The molecule has 0 heterocycles. The molecule has 0 aliphatic heterocycles. The summed E-state index contributed by atoms with van der Waals surface area (Å²) in [6, 6.07) is 10.6. The number of benzene rings is 1. The summed E-state index contributed by atoms with van der Waals surface area (Å²) in [5.41, 5.74) is 1.40. The maximum atomic E-state index is 5.78. The van der Waals surface area contributed by atoms with Crippen LogP contribution in [-0.4, -0.2) is 25.8 Å². The Kier molecular flexibility index (Phi) is 7.70. The summed E-state index contributed by atoms with van der Waals surface area (Å²) >= 11 is 0. The molecular weight excluding hydrogens is 222 g/mol. The highest BCUT2D eigenvalue weighted by atomic mass is 16.5. The predicted octanol–water partition coefficient (Wildman–Crippen LogP) is 3.27. The Morgan fingerprint density at radius 1 is 1.06 bits per heavy atom. The Morgan fingerprint density at radius 3 is 2.44 bits per heavy atom. The van der Waals surface area contributed by atoms with E-state index in [9.17, 15) is 0 Å². The summed E-state index contributed by atoms with van der Waals surface area (Å²) in [6.45, 7) is 9.44. The first-order valence-electron chi connectivity index (χ1n) is 7.04. The standard InChI is InChI=1S/C16H27NO/c1-14(2)12-17-13-15(3)18-11-7-10-16-8-5-4-6-9-16/h4-6,8-9,14-15,17H,7,10-13H2,1-3H3. The second-order valence-electron chi connectivity index (χ2n) is 5.32. The third-order valence-corrected chi connectivity index (χ3v) is 2.84. The molecule has 2 nitrogen and oxygen atoms in total. The van der Waals surface area contributed by atoms with Gasteiger partial charge in [-0.2, -0.15) is 0 Å². The molecule has 0 spiro atoms. The quantitative estimate of drug-likeness (QED) is 0.678. The van der Waals surface area contributed by atoms with E-state index in [4.69, 9.17) is 4.74 Å². The molecule has 0 aliphatic carbocycles. The van der Waals surface area contributed by atoms with Crippen molar-refractivity contribution < 1.29 is 4.74 Å². The largest absolute Gasteiger partial charge is 0.377 e. The third kappa shape index (κ3) is 7.46. The van der Waals surface area contributed by atoms with Crippen molar-refractivity contribution in [3.05, 3.63) is 35.9 Å². The van der Waals surface area contributed by atoms with Crippen LogP contribution in [0.3, 0.4) is 0 Å². The summed E-state index contributed by atoms with van der Waals surface area (Å²) in [5.74, 6) is 0.704. The zero-order valence-corrected chi connectivity index (χ0v) is 12.0. The molecule has 18 heavy (non-hydrogen) atoms. The van der Waals surface area contributed by atoms with Crippen molar-refractivity contribution in [2.45, 2.75) is 39.7 Å². The van der Waals surface area contributed by atoms with E-state index < -0.39 is 0 Å². The van der Waals surface area contributed by atoms with Crippen molar-refractivity contribution in [1.29, 1.82) is 0 Å². The highest BCUT2D eigenvalue weighted by molar-refractivity contribution is 5.14. The molecule has 1 aromatic carbocycles. The zero-order valence-electron chi connectivity index (χ0n) is 12.0. The number of rotatable bonds is 9. The van der Waals surface area contributed by atoms with E-state index in [2.05, 4.69) is 56.4 Å². The average Bonchev–Trinajstić information content (AvgIpc) is 2.35. The Labute approximate surface area is 112 Å². The predicted molar refractivity (Wildman–Crippen MR) is 77.9 cm³/mol. The summed E-state index contributed by atoms with van der Waals surface area (Å²) < 4.78 is 5.78. The fourth-order valence-electron chi connectivity index (χ4n) is 1.84. The monoisotopic (exact) mass is 249 g/mol. The first-order valence-corrected chi connectivity index (χ1v) is 7.04. The van der Waals surface area contributed by atoms with Gasteiger partial charge in [0.15, 0.2) is 0 Å². The molecule has 0 aromatic heterocycles. The molecule has 1 atom stereocenters. The first kappa shape index (κ1) is 15.2. The van der Waals surface area contributed by atoms with Crippen molar-refractivity contribution in [3.63, 3.8) is 0 Å².